The van der Waals surface area contributed by atoms with E-state index in [2.05, 4.69) is 5.32 Å². The number of ether oxygens (including phenoxy) is 1. The van der Waals surface area contributed by atoms with E-state index in [-0.39, 0.29) is 11.8 Å². The van der Waals surface area contributed by atoms with Crippen molar-refractivity contribution in [2.45, 2.75) is 20.3 Å². The van der Waals surface area contributed by atoms with Crippen LogP contribution in [0, 0.1) is 11.8 Å². The van der Waals surface area contributed by atoms with Gasteiger partial charge in [-0.1, -0.05) is 13.8 Å². The first-order valence-electron chi connectivity index (χ1n) is 5.12. The Morgan fingerprint density at radius 3 is 2.64 bits per heavy atom. The average Bonchev–Trinajstić information content (AvgIpc) is 2.17. The molecule has 0 saturated carbocycles. The van der Waals surface area contributed by atoms with Crippen LogP contribution in [0.5, 0.6) is 0 Å². The summed E-state index contributed by atoms with van der Waals surface area (Å²) in [4.78, 5) is 11.5. The lowest BCUT2D eigenvalue weighted by atomic mass is 10.1. The average molecular weight is 202 g/mol. The van der Waals surface area contributed by atoms with Crippen LogP contribution in [0.25, 0.3) is 0 Å². The second kappa shape index (κ2) is 7.76. The number of hydrogen-bond donors (Lipinski definition) is 2. The van der Waals surface area contributed by atoms with E-state index in [4.69, 9.17) is 10.5 Å². The number of hydrogen-bond acceptors (Lipinski definition) is 3. The lowest BCUT2D eigenvalue weighted by Gasteiger charge is -2.15. The number of methoxy groups -OCH3 is 1. The molecule has 0 aromatic rings. The molecule has 14 heavy (non-hydrogen) atoms. The van der Waals surface area contributed by atoms with E-state index in [9.17, 15) is 4.79 Å². The van der Waals surface area contributed by atoms with E-state index >= 15 is 0 Å². The molecule has 0 saturated heterocycles. The fourth-order valence-electron chi connectivity index (χ4n) is 1.22. The van der Waals surface area contributed by atoms with Gasteiger partial charge in [-0.3, -0.25) is 4.79 Å². The van der Waals surface area contributed by atoms with Crippen molar-refractivity contribution in [2.75, 3.05) is 26.8 Å². The molecule has 0 aliphatic carbocycles. The second-order valence-corrected chi connectivity index (χ2v) is 3.65. The van der Waals surface area contributed by atoms with Crippen molar-refractivity contribution < 1.29 is 9.53 Å². The summed E-state index contributed by atoms with van der Waals surface area (Å²) in [6.07, 6.45) is 0.793. The third-order valence-corrected chi connectivity index (χ3v) is 2.22. The molecule has 4 heteroatoms. The van der Waals surface area contributed by atoms with Gasteiger partial charge in [-0.2, -0.15) is 0 Å². The van der Waals surface area contributed by atoms with E-state index in [1.165, 1.54) is 0 Å². The molecular formula is C10H22N2O2. The minimum absolute atomic E-state index is 0.0512. The molecule has 4 nitrogen and oxygen atoms in total. The fourth-order valence-corrected chi connectivity index (χ4v) is 1.22. The first kappa shape index (κ1) is 13.4. The predicted octanol–water partition coefficient (Wildman–Crippen LogP) is 0.370. The van der Waals surface area contributed by atoms with Crippen molar-refractivity contribution in [3.8, 4) is 0 Å². The van der Waals surface area contributed by atoms with Crippen molar-refractivity contribution >= 4 is 5.91 Å². The van der Waals surface area contributed by atoms with Crippen LogP contribution < -0.4 is 11.1 Å². The van der Waals surface area contributed by atoms with Gasteiger partial charge in [0, 0.05) is 26.1 Å². The van der Waals surface area contributed by atoms with Crippen LogP contribution in [0.2, 0.25) is 0 Å². The van der Waals surface area contributed by atoms with E-state index in [1.54, 1.807) is 7.11 Å². The van der Waals surface area contributed by atoms with Crippen LogP contribution in [0.4, 0.5) is 0 Å². The Hall–Kier alpha value is -0.610. The third kappa shape index (κ3) is 5.19. The summed E-state index contributed by atoms with van der Waals surface area (Å²) in [7, 11) is 1.66. The molecule has 0 rings (SSSR count). The van der Waals surface area contributed by atoms with Gasteiger partial charge in [-0.15, -0.1) is 0 Å². The van der Waals surface area contributed by atoms with Crippen molar-refractivity contribution in [3.05, 3.63) is 0 Å². The molecule has 1 amide bonds. The molecule has 2 unspecified atom stereocenters. The number of nitrogens with two attached hydrogens (primary N) is 1. The summed E-state index contributed by atoms with van der Waals surface area (Å²) in [5.41, 5.74) is 5.46. The largest absolute Gasteiger partial charge is 0.384 e. The maximum Gasteiger partial charge on any atom is 0.224 e. The third-order valence-electron chi connectivity index (χ3n) is 2.22. The van der Waals surface area contributed by atoms with Crippen LogP contribution in [0.3, 0.4) is 0 Å². The van der Waals surface area contributed by atoms with E-state index in [1.807, 2.05) is 13.8 Å². The highest BCUT2D eigenvalue weighted by molar-refractivity contribution is 5.78. The Balaban J connectivity index is 3.71. The van der Waals surface area contributed by atoms with Gasteiger partial charge in [0.1, 0.15) is 0 Å². The fraction of sp³-hybridized carbons (Fsp3) is 0.900. The minimum atomic E-state index is -0.0512. The van der Waals surface area contributed by atoms with Crippen LogP contribution in [-0.2, 0) is 9.53 Å². The highest BCUT2D eigenvalue weighted by Crippen LogP contribution is 2.00. The molecule has 0 bridgehead atoms. The molecule has 0 spiro atoms. The lowest BCUT2D eigenvalue weighted by Crippen LogP contribution is -2.37. The maximum absolute atomic E-state index is 11.5. The number of carbonyl (C=O) groups excluding carboxylic acids is 1. The van der Waals surface area contributed by atoms with Gasteiger partial charge in [0.25, 0.3) is 0 Å². The Morgan fingerprint density at radius 1 is 1.57 bits per heavy atom. The topological polar surface area (TPSA) is 64.4 Å². The molecule has 0 aromatic carbocycles. The van der Waals surface area contributed by atoms with Gasteiger partial charge in [-0.05, 0) is 12.3 Å². The molecule has 0 aliphatic rings. The monoisotopic (exact) mass is 202 g/mol. The Bertz CT molecular complexity index is 158. The summed E-state index contributed by atoms with van der Waals surface area (Å²) >= 11 is 0. The Morgan fingerprint density at radius 2 is 2.21 bits per heavy atom. The van der Waals surface area contributed by atoms with Gasteiger partial charge in [0.05, 0.1) is 6.61 Å². The van der Waals surface area contributed by atoms with Gasteiger partial charge < -0.3 is 15.8 Å². The SMILES string of the molecule is CCC(CN)C(=O)NCC(C)COC. The highest BCUT2D eigenvalue weighted by atomic mass is 16.5. The predicted molar refractivity (Wildman–Crippen MR) is 56.9 cm³/mol. The molecule has 0 radical (unpaired) electrons. The Labute approximate surface area is 86.2 Å². The maximum atomic E-state index is 11.5. The summed E-state index contributed by atoms with van der Waals surface area (Å²) < 4.78 is 4.97. The first-order chi connectivity index (χ1) is 6.65. The van der Waals surface area contributed by atoms with Gasteiger partial charge in [-0.25, -0.2) is 0 Å². The molecule has 0 fully saturated rings. The standard InChI is InChI=1S/C10H22N2O2/c1-4-9(5-11)10(13)12-6-8(2)7-14-3/h8-9H,4-7,11H2,1-3H3,(H,12,13). The quantitative estimate of drug-likeness (QED) is 0.627. The van der Waals surface area contributed by atoms with E-state index < -0.39 is 0 Å². The lowest BCUT2D eigenvalue weighted by molar-refractivity contribution is -0.125. The molecule has 3 N–H and O–H groups in total. The molecular weight excluding hydrogens is 180 g/mol. The Kier molecular flexibility index (Phi) is 7.42. The highest BCUT2D eigenvalue weighted by Gasteiger charge is 2.14. The van der Waals surface area contributed by atoms with Gasteiger partial charge in [0.2, 0.25) is 5.91 Å². The number of carbonyl (C=O) groups is 1. The number of nitrogens with one attached hydrogen (secondary N) is 1. The zero-order chi connectivity index (χ0) is 11.0. The second-order valence-electron chi connectivity index (χ2n) is 3.65. The molecule has 2 atom stereocenters. The summed E-state index contributed by atoms with van der Waals surface area (Å²) in [6.45, 7) is 5.74. The zero-order valence-corrected chi connectivity index (χ0v) is 9.38. The number of amides is 1. The summed E-state index contributed by atoms with van der Waals surface area (Å²) in [5.74, 6) is 0.349. The van der Waals surface area contributed by atoms with E-state index in [0.29, 0.717) is 25.6 Å². The number of rotatable bonds is 7. The molecule has 0 aromatic heterocycles. The van der Waals surface area contributed by atoms with Crippen molar-refractivity contribution in [1.29, 1.82) is 0 Å². The van der Waals surface area contributed by atoms with Crippen molar-refractivity contribution in [1.82, 2.24) is 5.32 Å². The van der Waals surface area contributed by atoms with Gasteiger partial charge >= 0.3 is 0 Å². The van der Waals surface area contributed by atoms with Crippen LogP contribution in [0.15, 0.2) is 0 Å². The van der Waals surface area contributed by atoms with E-state index in [0.717, 1.165) is 6.42 Å². The smallest absolute Gasteiger partial charge is 0.224 e. The first-order valence-corrected chi connectivity index (χ1v) is 5.12. The summed E-state index contributed by atoms with van der Waals surface area (Å²) in [6, 6.07) is 0. The molecule has 0 aliphatic heterocycles. The normalized spacial score (nSPS) is 14.9. The minimum Gasteiger partial charge on any atom is -0.384 e. The van der Waals surface area contributed by atoms with Crippen LogP contribution in [-0.4, -0.2) is 32.7 Å². The molecule has 0 heterocycles. The summed E-state index contributed by atoms with van der Waals surface area (Å²) in [5, 5.41) is 2.87. The zero-order valence-electron chi connectivity index (χ0n) is 9.38. The van der Waals surface area contributed by atoms with Crippen LogP contribution in [0.1, 0.15) is 20.3 Å². The van der Waals surface area contributed by atoms with Crippen LogP contribution >= 0.6 is 0 Å². The van der Waals surface area contributed by atoms with Crippen molar-refractivity contribution in [3.63, 3.8) is 0 Å². The molecule has 84 valence electrons. The van der Waals surface area contributed by atoms with Gasteiger partial charge in [0.15, 0.2) is 0 Å². The van der Waals surface area contributed by atoms with Crippen molar-refractivity contribution in [2.24, 2.45) is 17.6 Å².